The maximum atomic E-state index is 12.5. The topological polar surface area (TPSA) is 79.9 Å². The predicted molar refractivity (Wildman–Crippen MR) is 121 cm³/mol. The first-order valence-corrected chi connectivity index (χ1v) is 10.3. The summed E-state index contributed by atoms with van der Waals surface area (Å²) in [5.74, 6) is 0.297. The summed E-state index contributed by atoms with van der Waals surface area (Å²) in [5, 5.41) is 17.1. The monoisotopic (exact) mass is 414 g/mol. The van der Waals surface area contributed by atoms with Gasteiger partial charge < -0.3 is 10.1 Å². The predicted octanol–water partition coefficient (Wildman–Crippen LogP) is 4.43. The first kappa shape index (κ1) is 21.8. The van der Waals surface area contributed by atoms with Crippen molar-refractivity contribution in [3.8, 4) is 23.1 Å². The molecule has 3 aromatic rings. The molecule has 6 heteroatoms. The highest BCUT2D eigenvalue weighted by Gasteiger charge is 2.17. The van der Waals surface area contributed by atoms with Crippen LogP contribution in [0.3, 0.4) is 0 Å². The molecule has 0 atom stereocenters. The number of unbranched alkanes of at least 4 members (excludes halogenated alkanes) is 1. The first-order valence-electron chi connectivity index (χ1n) is 10.3. The summed E-state index contributed by atoms with van der Waals surface area (Å²) in [7, 11) is 1.61. The summed E-state index contributed by atoms with van der Waals surface area (Å²) in [6.07, 6.45) is 5.28. The lowest BCUT2D eigenvalue weighted by Crippen LogP contribution is -2.25. The molecule has 0 bridgehead atoms. The van der Waals surface area contributed by atoms with Crippen LogP contribution in [0.25, 0.3) is 17.3 Å². The molecule has 0 saturated carbocycles. The molecule has 1 heterocycles. The van der Waals surface area contributed by atoms with Crippen molar-refractivity contribution in [2.24, 2.45) is 0 Å². The number of methoxy groups -OCH3 is 1. The van der Waals surface area contributed by atoms with Gasteiger partial charge in [-0.3, -0.25) is 9.48 Å². The number of nitrogens with zero attached hydrogens (tertiary/aromatic N) is 3. The van der Waals surface area contributed by atoms with Gasteiger partial charge in [0, 0.05) is 23.9 Å². The fourth-order valence-corrected chi connectivity index (χ4v) is 3.22. The first-order chi connectivity index (χ1) is 15.2. The molecule has 2 aromatic carbocycles. The summed E-state index contributed by atoms with van der Waals surface area (Å²) in [4.78, 5) is 12.5. The zero-order valence-corrected chi connectivity index (χ0v) is 17.8. The Balaban J connectivity index is 2.02. The van der Waals surface area contributed by atoms with E-state index in [0.29, 0.717) is 30.1 Å². The molecule has 1 N–H and O–H groups in total. The molecule has 31 heavy (non-hydrogen) atoms. The molecule has 0 aliphatic rings. The lowest BCUT2D eigenvalue weighted by atomic mass is 10.0. The SMILES string of the molecule is CCCCNC(=O)/C(C#N)=C/c1cn(Cc2ccccc2)nc1-c1ccccc1OC. The van der Waals surface area contributed by atoms with Crippen LogP contribution in [0.1, 0.15) is 30.9 Å². The Bertz CT molecular complexity index is 1090. The number of benzene rings is 2. The average molecular weight is 415 g/mol. The molecule has 0 radical (unpaired) electrons. The second-order valence-corrected chi connectivity index (χ2v) is 7.10. The molecule has 0 fully saturated rings. The van der Waals surface area contributed by atoms with Gasteiger partial charge in [-0.2, -0.15) is 10.4 Å². The average Bonchev–Trinajstić information content (AvgIpc) is 3.20. The number of aromatic nitrogens is 2. The number of rotatable bonds is 9. The van der Waals surface area contributed by atoms with Gasteiger partial charge in [0.25, 0.3) is 5.91 Å². The molecular weight excluding hydrogens is 388 g/mol. The van der Waals surface area contributed by atoms with Gasteiger partial charge in [-0.1, -0.05) is 55.8 Å². The van der Waals surface area contributed by atoms with Gasteiger partial charge in [0.1, 0.15) is 23.1 Å². The van der Waals surface area contributed by atoms with E-state index in [1.807, 2.05) is 78.5 Å². The van der Waals surface area contributed by atoms with E-state index in [0.717, 1.165) is 24.0 Å². The van der Waals surface area contributed by atoms with E-state index >= 15 is 0 Å². The van der Waals surface area contributed by atoms with Crippen molar-refractivity contribution >= 4 is 12.0 Å². The number of nitrogens with one attached hydrogen (secondary N) is 1. The molecule has 0 aliphatic heterocycles. The number of carbonyl (C=O) groups is 1. The summed E-state index contributed by atoms with van der Waals surface area (Å²) < 4.78 is 7.32. The van der Waals surface area contributed by atoms with Crippen molar-refractivity contribution in [3.63, 3.8) is 0 Å². The van der Waals surface area contributed by atoms with E-state index in [1.54, 1.807) is 13.2 Å². The highest BCUT2D eigenvalue weighted by atomic mass is 16.5. The van der Waals surface area contributed by atoms with Gasteiger partial charge in [0.05, 0.1) is 13.7 Å². The van der Waals surface area contributed by atoms with Gasteiger partial charge in [-0.15, -0.1) is 0 Å². The molecule has 0 aliphatic carbocycles. The Morgan fingerprint density at radius 3 is 2.65 bits per heavy atom. The second kappa shape index (κ2) is 10.8. The van der Waals surface area contributed by atoms with Crippen molar-refractivity contribution in [1.29, 1.82) is 5.26 Å². The van der Waals surface area contributed by atoms with Crippen LogP contribution in [0, 0.1) is 11.3 Å². The number of ether oxygens (including phenoxy) is 1. The molecule has 3 rings (SSSR count). The zero-order chi connectivity index (χ0) is 22.1. The number of hydrogen-bond acceptors (Lipinski definition) is 4. The van der Waals surface area contributed by atoms with Gasteiger partial charge in [0.15, 0.2) is 0 Å². The Labute approximate surface area is 182 Å². The summed E-state index contributed by atoms with van der Waals surface area (Å²) in [6, 6.07) is 19.6. The van der Waals surface area contributed by atoms with E-state index in [9.17, 15) is 10.1 Å². The fraction of sp³-hybridized carbons (Fsp3) is 0.240. The summed E-state index contributed by atoms with van der Waals surface area (Å²) >= 11 is 0. The maximum absolute atomic E-state index is 12.5. The minimum Gasteiger partial charge on any atom is -0.496 e. The Hall–Kier alpha value is -3.85. The third-order valence-electron chi connectivity index (χ3n) is 4.82. The molecule has 158 valence electrons. The van der Waals surface area contributed by atoms with Crippen LogP contribution in [0.15, 0.2) is 66.4 Å². The standard InChI is InChI=1S/C25H26N4O2/c1-3-4-14-27-25(30)20(16-26)15-21-18-29(17-19-10-6-5-7-11-19)28-24(21)22-12-8-9-13-23(22)31-2/h5-13,15,18H,3-4,14,17H2,1-2H3,(H,27,30)/b20-15+. The van der Waals surface area contributed by atoms with E-state index in [4.69, 9.17) is 9.84 Å². The molecule has 0 spiro atoms. The van der Waals surface area contributed by atoms with Crippen LogP contribution in [-0.4, -0.2) is 29.3 Å². The summed E-state index contributed by atoms with van der Waals surface area (Å²) in [6.45, 7) is 3.16. The number of para-hydroxylation sites is 1. The molecular formula is C25H26N4O2. The van der Waals surface area contributed by atoms with E-state index < -0.39 is 0 Å². The van der Waals surface area contributed by atoms with Crippen molar-refractivity contribution in [3.05, 3.63) is 77.5 Å². The van der Waals surface area contributed by atoms with Crippen molar-refractivity contribution in [1.82, 2.24) is 15.1 Å². The highest BCUT2D eigenvalue weighted by molar-refractivity contribution is 6.02. The largest absolute Gasteiger partial charge is 0.496 e. The molecule has 1 amide bonds. The summed E-state index contributed by atoms with van der Waals surface area (Å²) in [5.41, 5.74) is 3.29. The van der Waals surface area contributed by atoms with Gasteiger partial charge in [0.2, 0.25) is 0 Å². The highest BCUT2D eigenvalue weighted by Crippen LogP contribution is 2.32. The van der Waals surface area contributed by atoms with Crippen LogP contribution >= 0.6 is 0 Å². The van der Waals surface area contributed by atoms with Crippen LogP contribution in [0.4, 0.5) is 0 Å². The van der Waals surface area contributed by atoms with E-state index in [1.165, 1.54) is 0 Å². The van der Waals surface area contributed by atoms with E-state index in [2.05, 4.69) is 5.32 Å². The minimum atomic E-state index is -0.377. The Morgan fingerprint density at radius 1 is 1.19 bits per heavy atom. The van der Waals surface area contributed by atoms with Crippen LogP contribution in [-0.2, 0) is 11.3 Å². The third kappa shape index (κ3) is 5.61. The molecule has 0 unspecified atom stereocenters. The number of carbonyl (C=O) groups excluding carboxylic acids is 1. The lowest BCUT2D eigenvalue weighted by molar-refractivity contribution is -0.117. The number of nitriles is 1. The maximum Gasteiger partial charge on any atom is 0.261 e. The van der Waals surface area contributed by atoms with E-state index in [-0.39, 0.29) is 11.5 Å². The van der Waals surface area contributed by atoms with Crippen molar-refractivity contribution in [2.45, 2.75) is 26.3 Å². The Kier molecular flexibility index (Phi) is 7.61. The fourth-order valence-electron chi connectivity index (χ4n) is 3.22. The van der Waals surface area contributed by atoms with Gasteiger partial charge in [-0.05, 0) is 30.2 Å². The molecule has 1 aromatic heterocycles. The number of amides is 1. The third-order valence-corrected chi connectivity index (χ3v) is 4.82. The van der Waals surface area contributed by atoms with Gasteiger partial charge in [-0.25, -0.2) is 0 Å². The van der Waals surface area contributed by atoms with Crippen LogP contribution < -0.4 is 10.1 Å². The van der Waals surface area contributed by atoms with Crippen molar-refractivity contribution in [2.75, 3.05) is 13.7 Å². The zero-order valence-electron chi connectivity index (χ0n) is 17.8. The van der Waals surface area contributed by atoms with Crippen LogP contribution in [0.2, 0.25) is 0 Å². The smallest absolute Gasteiger partial charge is 0.261 e. The Morgan fingerprint density at radius 2 is 1.94 bits per heavy atom. The van der Waals surface area contributed by atoms with Crippen molar-refractivity contribution < 1.29 is 9.53 Å². The normalized spacial score (nSPS) is 11.1. The van der Waals surface area contributed by atoms with Gasteiger partial charge >= 0.3 is 0 Å². The lowest BCUT2D eigenvalue weighted by Gasteiger charge is -2.07. The minimum absolute atomic E-state index is 0.0477. The molecule has 6 nitrogen and oxygen atoms in total. The van der Waals surface area contributed by atoms with Crippen LogP contribution in [0.5, 0.6) is 5.75 Å². The quantitative estimate of drug-likeness (QED) is 0.319. The molecule has 0 saturated heterocycles. The second-order valence-electron chi connectivity index (χ2n) is 7.10. The number of hydrogen-bond donors (Lipinski definition) is 1.